The van der Waals surface area contributed by atoms with Gasteiger partial charge in [-0.05, 0) is 93.0 Å². The first kappa shape index (κ1) is 24.9. The Kier molecular flexibility index (Phi) is 9.74. The lowest BCUT2D eigenvalue weighted by molar-refractivity contribution is 0.531. The number of nitrogens with one attached hydrogen (secondary N) is 2. The van der Waals surface area contributed by atoms with Gasteiger partial charge in [-0.25, -0.2) is 0 Å². The second-order valence-electron chi connectivity index (χ2n) is 8.13. The topological polar surface area (TPSA) is 114 Å². The zero-order chi connectivity index (χ0) is 22.9. The van der Waals surface area contributed by atoms with Gasteiger partial charge in [0.05, 0.1) is 0 Å². The highest BCUT2D eigenvalue weighted by molar-refractivity contribution is 8.01. The first-order chi connectivity index (χ1) is 15.6. The molecule has 0 spiro atoms. The second-order valence-corrected chi connectivity index (χ2v) is 10.1. The van der Waals surface area contributed by atoms with E-state index in [1.807, 2.05) is 18.8 Å². The molecule has 1 unspecified atom stereocenters. The summed E-state index contributed by atoms with van der Waals surface area (Å²) in [6, 6.07) is 13.1. The van der Waals surface area contributed by atoms with Crippen LogP contribution in [0.1, 0.15) is 49.7 Å². The van der Waals surface area contributed by atoms with Crippen molar-refractivity contribution in [2.24, 2.45) is 21.8 Å². The first-order valence-corrected chi connectivity index (χ1v) is 13.1. The number of piperidine rings is 1. The molecule has 1 atom stereocenters. The number of nitrogens with zero attached hydrogens (tertiary/aromatic N) is 1. The highest BCUT2D eigenvalue weighted by atomic mass is 32.2. The highest BCUT2D eigenvalue weighted by Crippen LogP contribution is 2.40. The Balaban J connectivity index is 1.96. The Morgan fingerprint density at radius 1 is 1.19 bits per heavy atom. The van der Waals surface area contributed by atoms with Crippen LogP contribution in [0.25, 0.3) is 11.1 Å². The molecule has 2 aromatic rings. The third-order valence-corrected chi connectivity index (χ3v) is 8.33. The fourth-order valence-electron chi connectivity index (χ4n) is 4.29. The Morgan fingerprint density at radius 2 is 1.91 bits per heavy atom. The molecule has 2 aromatic carbocycles. The molecule has 1 heterocycles. The van der Waals surface area contributed by atoms with E-state index in [1.165, 1.54) is 17.5 Å². The Bertz CT molecular complexity index is 894. The van der Waals surface area contributed by atoms with Crippen molar-refractivity contribution >= 4 is 29.5 Å². The molecule has 8 heteroatoms. The van der Waals surface area contributed by atoms with E-state index in [0.29, 0.717) is 17.0 Å². The molecule has 6 nitrogen and oxygen atoms in total. The lowest BCUT2D eigenvalue weighted by Crippen LogP contribution is -2.29. The van der Waals surface area contributed by atoms with Crippen molar-refractivity contribution in [3.63, 3.8) is 0 Å². The van der Waals surface area contributed by atoms with Crippen LogP contribution in [0.15, 0.2) is 51.3 Å². The zero-order valence-electron chi connectivity index (χ0n) is 19.1. The standard InChI is InChI=1S/C24H36N6S2/c1-3-16(10-13-28-2)17-4-6-18(7-5-17)20-8-9-21(31-19-11-14-29-15-12-19)23(32-27)22(20)24(25)30-26/h4-9,16,19,28-29H,3,10-15,26-27H2,1-2H3,(H2,25,30). The van der Waals surface area contributed by atoms with E-state index in [1.54, 1.807) is 0 Å². The van der Waals surface area contributed by atoms with E-state index < -0.39 is 0 Å². The molecule has 1 aliphatic heterocycles. The van der Waals surface area contributed by atoms with Crippen molar-refractivity contribution in [1.29, 1.82) is 0 Å². The monoisotopic (exact) mass is 472 g/mol. The maximum atomic E-state index is 6.30. The van der Waals surface area contributed by atoms with Crippen LogP contribution in [0.2, 0.25) is 0 Å². The van der Waals surface area contributed by atoms with E-state index in [2.05, 4.69) is 59.1 Å². The molecule has 32 heavy (non-hydrogen) atoms. The highest BCUT2D eigenvalue weighted by Gasteiger charge is 2.22. The zero-order valence-corrected chi connectivity index (χ0v) is 20.7. The van der Waals surface area contributed by atoms with Crippen LogP contribution in [-0.2, 0) is 0 Å². The van der Waals surface area contributed by atoms with Crippen molar-refractivity contribution in [1.82, 2.24) is 10.6 Å². The summed E-state index contributed by atoms with van der Waals surface area (Å²) in [6.07, 6.45) is 4.53. The Hall–Kier alpha value is -1.71. The van der Waals surface area contributed by atoms with E-state index in [0.717, 1.165) is 71.8 Å². The number of rotatable bonds is 10. The molecule has 1 fully saturated rings. The molecule has 0 aliphatic carbocycles. The lowest BCUT2D eigenvalue weighted by atomic mass is 9.91. The molecule has 0 amide bonds. The summed E-state index contributed by atoms with van der Waals surface area (Å²) >= 11 is 3.10. The number of amidine groups is 1. The summed E-state index contributed by atoms with van der Waals surface area (Å²) in [5.74, 6) is 6.49. The number of benzene rings is 2. The van der Waals surface area contributed by atoms with E-state index in [-0.39, 0.29) is 0 Å². The van der Waals surface area contributed by atoms with Gasteiger partial charge in [0.2, 0.25) is 0 Å². The van der Waals surface area contributed by atoms with E-state index in [9.17, 15) is 0 Å². The summed E-state index contributed by atoms with van der Waals surface area (Å²) < 4.78 is 0. The predicted octanol–water partition coefficient (Wildman–Crippen LogP) is 3.85. The molecule has 0 saturated carbocycles. The predicted molar refractivity (Wildman–Crippen MR) is 140 cm³/mol. The van der Waals surface area contributed by atoms with Crippen LogP contribution < -0.4 is 27.3 Å². The van der Waals surface area contributed by atoms with Gasteiger partial charge in [0.15, 0.2) is 5.84 Å². The number of hydrazone groups is 1. The van der Waals surface area contributed by atoms with Gasteiger partial charge in [-0.3, -0.25) is 5.14 Å². The average Bonchev–Trinajstić information content (AvgIpc) is 2.84. The molecule has 3 rings (SSSR count). The SMILES string of the molecule is CCC(CCNC)c1ccc(-c2ccc(SC3CCNCC3)c(SN)c2/C(N)=N/N)cc1. The smallest absolute Gasteiger partial charge is 0.152 e. The van der Waals surface area contributed by atoms with Gasteiger partial charge in [0.1, 0.15) is 0 Å². The second kappa shape index (κ2) is 12.5. The van der Waals surface area contributed by atoms with Crippen LogP contribution in [0.4, 0.5) is 0 Å². The minimum Gasteiger partial charge on any atom is -0.382 e. The fraction of sp³-hybridized carbons (Fsp3) is 0.458. The van der Waals surface area contributed by atoms with Crippen LogP contribution in [0.3, 0.4) is 0 Å². The normalized spacial score (nSPS) is 16.3. The quantitative estimate of drug-likeness (QED) is 0.117. The molecule has 0 aromatic heterocycles. The molecule has 1 saturated heterocycles. The van der Waals surface area contributed by atoms with Crippen LogP contribution in [0, 0.1) is 0 Å². The van der Waals surface area contributed by atoms with Crippen molar-refractivity contribution in [3.05, 3.63) is 47.5 Å². The summed E-state index contributed by atoms with van der Waals surface area (Å²) in [4.78, 5) is 2.09. The first-order valence-electron chi connectivity index (χ1n) is 11.3. The van der Waals surface area contributed by atoms with Crippen molar-refractivity contribution < 1.29 is 0 Å². The maximum Gasteiger partial charge on any atom is 0.152 e. The van der Waals surface area contributed by atoms with Gasteiger partial charge in [0, 0.05) is 20.6 Å². The van der Waals surface area contributed by atoms with Gasteiger partial charge < -0.3 is 22.2 Å². The molecular formula is C24H36N6S2. The Morgan fingerprint density at radius 3 is 2.50 bits per heavy atom. The number of hydrogen-bond donors (Lipinski definition) is 5. The number of thioether (sulfide) groups is 1. The molecule has 1 aliphatic rings. The van der Waals surface area contributed by atoms with Gasteiger partial charge in [-0.2, -0.15) is 5.10 Å². The van der Waals surface area contributed by atoms with Crippen molar-refractivity contribution in [2.45, 2.75) is 53.6 Å². The molecule has 8 N–H and O–H groups in total. The average molecular weight is 473 g/mol. The summed E-state index contributed by atoms with van der Waals surface area (Å²) in [6.45, 7) is 5.37. The van der Waals surface area contributed by atoms with Gasteiger partial charge in [-0.15, -0.1) is 11.8 Å². The number of nitrogens with two attached hydrogens (primary N) is 3. The minimum absolute atomic E-state index is 0.310. The molecule has 0 bridgehead atoms. The van der Waals surface area contributed by atoms with Crippen LogP contribution >= 0.6 is 23.7 Å². The largest absolute Gasteiger partial charge is 0.382 e. The van der Waals surface area contributed by atoms with Crippen LogP contribution in [-0.4, -0.2) is 37.8 Å². The third-order valence-electron chi connectivity index (χ3n) is 6.14. The van der Waals surface area contributed by atoms with Gasteiger partial charge in [0.25, 0.3) is 0 Å². The summed E-state index contributed by atoms with van der Waals surface area (Å²) in [7, 11) is 2.00. The molecule has 0 radical (unpaired) electrons. The van der Waals surface area contributed by atoms with E-state index >= 15 is 0 Å². The molecule has 174 valence electrons. The fourth-order valence-corrected chi connectivity index (χ4v) is 6.28. The van der Waals surface area contributed by atoms with Crippen molar-refractivity contribution in [3.8, 4) is 11.1 Å². The lowest BCUT2D eigenvalue weighted by Gasteiger charge is -2.24. The van der Waals surface area contributed by atoms with Gasteiger partial charge >= 0.3 is 0 Å². The third kappa shape index (κ3) is 5.99. The van der Waals surface area contributed by atoms with Crippen molar-refractivity contribution in [2.75, 3.05) is 26.7 Å². The summed E-state index contributed by atoms with van der Waals surface area (Å²) in [5.41, 5.74) is 10.6. The van der Waals surface area contributed by atoms with Gasteiger partial charge in [-0.1, -0.05) is 37.3 Å². The maximum absolute atomic E-state index is 6.30. The molecular weight excluding hydrogens is 436 g/mol. The summed E-state index contributed by atoms with van der Waals surface area (Å²) in [5, 5.41) is 17.2. The number of hydrogen-bond acceptors (Lipinski definition) is 7. The Labute approximate surface area is 200 Å². The minimum atomic E-state index is 0.310. The van der Waals surface area contributed by atoms with E-state index in [4.69, 9.17) is 16.7 Å². The van der Waals surface area contributed by atoms with Crippen LogP contribution in [0.5, 0.6) is 0 Å².